The highest BCUT2D eigenvalue weighted by atomic mass is 16.6. The number of phenols is 1. The first-order valence-electron chi connectivity index (χ1n) is 15.4. The Morgan fingerprint density at radius 3 is 2.27 bits per heavy atom. The van der Waals surface area contributed by atoms with Gasteiger partial charge < -0.3 is 25.4 Å². The second kappa shape index (κ2) is 14.8. The number of nitrogens with zero attached hydrogens (tertiary/aromatic N) is 1. The Bertz CT molecular complexity index is 1630. The number of nitrogens with one attached hydrogen (secondary N) is 2. The van der Waals surface area contributed by atoms with Crippen LogP contribution in [0.3, 0.4) is 0 Å². The third-order valence-corrected chi connectivity index (χ3v) is 7.34. The lowest BCUT2D eigenvalue weighted by Crippen LogP contribution is -2.53. The molecule has 0 aliphatic heterocycles. The Kier molecular flexibility index (Phi) is 10.8. The van der Waals surface area contributed by atoms with Crippen molar-refractivity contribution in [2.75, 3.05) is 11.9 Å². The lowest BCUT2D eigenvalue weighted by molar-refractivity contribution is -0.140. The van der Waals surface area contributed by atoms with E-state index < -0.39 is 29.7 Å². The monoisotopic (exact) mass is 609 g/mol. The molecule has 0 aliphatic carbocycles. The largest absolute Gasteiger partial charge is 0.508 e. The number of benzene rings is 4. The fourth-order valence-electron chi connectivity index (χ4n) is 5.20. The molecule has 45 heavy (non-hydrogen) atoms. The average Bonchev–Trinajstić information content (AvgIpc) is 2.98. The van der Waals surface area contributed by atoms with Gasteiger partial charge in [-0.25, -0.2) is 4.79 Å². The van der Waals surface area contributed by atoms with E-state index >= 15 is 0 Å². The Morgan fingerprint density at radius 1 is 0.889 bits per heavy atom. The summed E-state index contributed by atoms with van der Waals surface area (Å²) >= 11 is 0. The number of rotatable bonds is 11. The number of aromatic hydroxyl groups is 1. The van der Waals surface area contributed by atoms with E-state index in [0.717, 1.165) is 28.3 Å². The molecule has 8 nitrogen and oxygen atoms in total. The molecule has 3 N–H and O–H groups in total. The Balaban J connectivity index is 1.74. The molecular formula is C37H43N3O5. The van der Waals surface area contributed by atoms with E-state index in [1.54, 1.807) is 37.8 Å². The number of anilines is 1. The maximum absolute atomic E-state index is 14.6. The number of phenolic OH excluding ortho intramolecular Hbond substituents is 1. The molecule has 2 atom stereocenters. The number of alkyl carbamates (subject to hydrolysis) is 1. The van der Waals surface area contributed by atoms with Crippen molar-refractivity contribution < 1.29 is 24.2 Å². The molecular weight excluding hydrogens is 566 g/mol. The van der Waals surface area contributed by atoms with Crippen molar-refractivity contribution in [3.63, 3.8) is 0 Å². The van der Waals surface area contributed by atoms with Crippen LogP contribution in [0.5, 0.6) is 5.75 Å². The first-order valence-corrected chi connectivity index (χ1v) is 15.4. The van der Waals surface area contributed by atoms with E-state index in [4.69, 9.17) is 4.74 Å². The van der Waals surface area contributed by atoms with Crippen LogP contribution in [-0.2, 0) is 20.7 Å². The molecule has 8 heteroatoms. The standard InChI is InChI=1S/C37H43N3O5/c1-6-7-21-40(35(43)32(39-36(44)45-37(3,4)5)23-26-15-19-31(41)20-16-26)33(29-14-10-11-25(2)22-29)34(42)38-30-18-17-27-12-8-9-13-28(27)24-30/h8-20,22,24,32-33,41H,6-7,21,23H2,1-5H3,(H,38,42)(H,39,44). The van der Waals surface area contributed by atoms with E-state index in [9.17, 15) is 19.5 Å². The number of carbonyl (C=O) groups excluding carboxylic acids is 3. The Morgan fingerprint density at radius 2 is 1.60 bits per heavy atom. The Hall–Kier alpha value is -4.85. The van der Waals surface area contributed by atoms with Crippen molar-refractivity contribution in [2.24, 2.45) is 0 Å². The molecule has 0 saturated carbocycles. The summed E-state index contributed by atoms with van der Waals surface area (Å²) in [7, 11) is 0. The van der Waals surface area contributed by atoms with Crippen LogP contribution >= 0.6 is 0 Å². The zero-order chi connectivity index (χ0) is 32.6. The van der Waals surface area contributed by atoms with Gasteiger partial charge in [-0.3, -0.25) is 9.59 Å². The fraction of sp³-hybridized carbons (Fsp3) is 0.324. The summed E-state index contributed by atoms with van der Waals surface area (Å²) in [5.74, 6) is -0.681. The zero-order valence-corrected chi connectivity index (χ0v) is 26.7. The van der Waals surface area contributed by atoms with Gasteiger partial charge in [-0.2, -0.15) is 0 Å². The number of amides is 3. The van der Waals surface area contributed by atoms with Crippen LogP contribution in [0.1, 0.15) is 63.3 Å². The van der Waals surface area contributed by atoms with Gasteiger partial charge in [-0.1, -0.05) is 85.6 Å². The van der Waals surface area contributed by atoms with Crippen LogP contribution in [0.4, 0.5) is 10.5 Å². The summed E-state index contributed by atoms with van der Waals surface area (Å²) in [5.41, 5.74) is 2.18. The summed E-state index contributed by atoms with van der Waals surface area (Å²) < 4.78 is 5.52. The van der Waals surface area contributed by atoms with E-state index in [1.807, 2.05) is 80.6 Å². The number of aryl methyl sites for hydroxylation is 1. The molecule has 4 aromatic carbocycles. The molecule has 2 unspecified atom stereocenters. The average molecular weight is 610 g/mol. The van der Waals surface area contributed by atoms with Gasteiger partial charge in [0.25, 0.3) is 5.91 Å². The van der Waals surface area contributed by atoms with Crippen LogP contribution in [0.2, 0.25) is 0 Å². The molecule has 0 heterocycles. The minimum Gasteiger partial charge on any atom is -0.508 e. The van der Waals surface area contributed by atoms with E-state index in [1.165, 1.54) is 12.1 Å². The molecule has 0 bridgehead atoms. The number of unbranched alkanes of at least 4 members (excludes halogenated alkanes) is 1. The van der Waals surface area contributed by atoms with Crippen molar-refractivity contribution in [2.45, 2.75) is 71.6 Å². The minimum absolute atomic E-state index is 0.0937. The molecule has 0 spiro atoms. The highest BCUT2D eigenvalue weighted by Gasteiger charge is 2.36. The highest BCUT2D eigenvalue weighted by Crippen LogP contribution is 2.28. The van der Waals surface area contributed by atoms with Crippen LogP contribution in [-0.4, -0.2) is 46.1 Å². The molecule has 4 aromatic rings. The molecule has 0 fully saturated rings. The van der Waals surface area contributed by atoms with Crippen molar-refractivity contribution >= 4 is 34.4 Å². The van der Waals surface area contributed by atoms with Gasteiger partial charge in [0.2, 0.25) is 5.91 Å². The quantitative estimate of drug-likeness (QED) is 0.165. The first-order chi connectivity index (χ1) is 21.4. The molecule has 0 aliphatic rings. The third kappa shape index (κ3) is 9.32. The molecule has 0 saturated heterocycles. The summed E-state index contributed by atoms with van der Waals surface area (Å²) in [5, 5.41) is 17.7. The van der Waals surface area contributed by atoms with E-state index in [-0.39, 0.29) is 18.1 Å². The first kappa shape index (κ1) is 33.1. The minimum atomic E-state index is -1.04. The van der Waals surface area contributed by atoms with Gasteiger partial charge in [0.15, 0.2) is 0 Å². The number of hydrogen-bond donors (Lipinski definition) is 3. The number of carbonyl (C=O) groups is 3. The summed E-state index contributed by atoms with van der Waals surface area (Å²) in [4.78, 5) is 43.4. The van der Waals surface area contributed by atoms with Crippen molar-refractivity contribution in [1.29, 1.82) is 0 Å². The van der Waals surface area contributed by atoms with Crippen molar-refractivity contribution in [3.8, 4) is 5.75 Å². The lowest BCUT2D eigenvalue weighted by Gasteiger charge is -2.34. The third-order valence-electron chi connectivity index (χ3n) is 7.34. The Labute approximate surface area is 265 Å². The molecule has 236 valence electrons. The van der Waals surface area contributed by atoms with Crippen LogP contribution in [0.15, 0.2) is 91.0 Å². The van der Waals surface area contributed by atoms with Crippen molar-refractivity contribution in [1.82, 2.24) is 10.2 Å². The molecule has 3 amide bonds. The normalized spacial score (nSPS) is 12.6. The van der Waals surface area contributed by atoms with Crippen LogP contribution in [0, 0.1) is 6.92 Å². The second-order valence-corrected chi connectivity index (χ2v) is 12.3. The number of fused-ring (bicyclic) bond motifs is 1. The number of ether oxygens (including phenoxy) is 1. The molecule has 4 rings (SSSR count). The van der Waals surface area contributed by atoms with E-state index in [2.05, 4.69) is 10.6 Å². The van der Waals surface area contributed by atoms with Crippen molar-refractivity contribution in [3.05, 3.63) is 108 Å². The fourth-order valence-corrected chi connectivity index (χ4v) is 5.20. The zero-order valence-electron chi connectivity index (χ0n) is 26.7. The van der Waals surface area contributed by atoms with Gasteiger partial charge in [0.05, 0.1) is 0 Å². The van der Waals surface area contributed by atoms with Gasteiger partial charge >= 0.3 is 6.09 Å². The van der Waals surface area contributed by atoms with E-state index in [0.29, 0.717) is 24.2 Å². The van der Waals surface area contributed by atoms with Gasteiger partial charge in [-0.05, 0) is 80.3 Å². The maximum atomic E-state index is 14.6. The number of hydrogen-bond acceptors (Lipinski definition) is 5. The lowest BCUT2D eigenvalue weighted by atomic mass is 9.98. The predicted octanol–water partition coefficient (Wildman–Crippen LogP) is 7.30. The smallest absolute Gasteiger partial charge is 0.408 e. The summed E-state index contributed by atoms with van der Waals surface area (Å²) in [6.45, 7) is 9.51. The summed E-state index contributed by atoms with van der Waals surface area (Å²) in [6.07, 6.45) is 0.838. The SMILES string of the molecule is CCCCN(C(=O)C(Cc1ccc(O)cc1)NC(=O)OC(C)(C)C)C(C(=O)Nc1ccc2ccccc2c1)c1cccc(C)c1. The molecule has 0 aromatic heterocycles. The topological polar surface area (TPSA) is 108 Å². The molecule has 0 radical (unpaired) electrons. The van der Waals surface area contributed by atoms with Gasteiger partial charge in [-0.15, -0.1) is 0 Å². The summed E-state index contributed by atoms with van der Waals surface area (Å²) in [6, 6.07) is 25.6. The van der Waals surface area contributed by atoms with Gasteiger partial charge in [0, 0.05) is 18.7 Å². The van der Waals surface area contributed by atoms with Crippen LogP contribution < -0.4 is 10.6 Å². The second-order valence-electron chi connectivity index (χ2n) is 12.3. The highest BCUT2D eigenvalue weighted by molar-refractivity contribution is 6.00. The maximum Gasteiger partial charge on any atom is 0.408 e. The predicted molar refractivity (Wildman–Crippen MR) is 178 cm³/mol. The van der Waals surface area contributed by atoms with Gasteiger partial charge in [0.1, 0.15) is 23.4 Å². The van der Waals surface area contributed by atoms with Crippen LogP contribution in [0.25, 0.3) is 10.8 Å².